The lowest BCUT2D eigenvalue weighted by Crippen LogP contribution is -2.05. The maximum Gasteiger partial charge on any atom is 0.205 e. The van der Waals surface area contributed by atoms with Crippen LogP contribution in [0.5, 0.6) is 0 Å². The van der Waals surface area contributed by atoms with E-state index in [0.717, 1.165) is 11.3 Å². The summed E-state index contributed by atoms with van der Waals surface area (Å²) in [5.41, 5.74) is 9.27. The molecule has 2 N–H and O–H groups in total. The van der Waals surface area contributed by atoms with Crippen molar-refractivity contribution in [1.82, 2.24) is 9.55 Å². The van der Waals surface area contributed by atoms with Crippen molar-refractivity contribution in [3.05, 3.63) is 52.8 Å². The Morgan fingerprint density at radius 2 is 1.95 bits per heavy atom. The first-order valence-electron chi connectivity index (χ1n) is 6.71. The molecule has 2 aromatic carbocycles. The van der Waals surface area contributed by atoms with E-state index in [1.165, 1.54) is 12.1 Å². The molecule has 0 unspecified atom stereocenters. The Morgan fingerprint density at radius 3 is 2.67 bits per heavy atom. The van der Waals surface area contributed by atoms with Crippen LogP contribution in [0.25, 0.3) is 16.7 Å². The van der Waals surface area contributed by atoms with E-state index in [0.29, 0.717) is 22.9 Å². The predicted molar refractivity (Wildman–Crippen MR) is 84.5 cm³/mol. The van der Waals surface area contributed by atoms with E-state index in [1.54, 1.807) is 4.57 Å². The Bertz CT molecular complexity index is 824. The summed E-state index contributed by atoms with van der Waals surface area (Å²) in [6, 6.07) is 10.8. The second-order valence-corrected chi connectivity index (χ2v) is 5.68. The Hall–Kier alpha value is -2.07. The summed E-state index contributed by atoms with van der Waals surface area (Å²) < 4.78 is 15.6. The van der Waals surface area contributed by atoms with Crippen molar-refractivity contribution < 1.29 is 4.39 Å². The fourth-order valence-electron chi connectivity index (χ4n) is 2.52. The average Bonchev–Trinajstić information content (AvgIpc) is 2.74. The van der Waals surface area contributed by atoms with Gasteiger partial charge in [0.25, 0.3) is 0 Å². The molecule has 3 nitrogen and oxygen atoms in total. The maximum atomic E-state index is 13.8. The summed E-state index contributed by atoms with van der Waals surface area (Å²) in [4.78, 5) is 4.28. The van der Waals surface area contributed by atoms with Crippen LogP contribution >= 0.6 is 11.6 Å². The normalized spacial score (nSPS) is 11.5. The lowest BCUT2D eigenvalue weighted by Gasteiger charge is -2.15. The van der Waals surface area contributed by atoms with Crippen LogP contribution in [0.3, 0.4) is 0 Å². The standard InChI is InChI=1S/C16H15ClFN3/c1-9(2)10-5-3-4-6-14(10)21-15-8-12(18)11(17)7-13(15)20-16(21)19/h3-9H,1-2H3,(H2,19,20). The van der Waals surface area contributed by atoms with Gasteiger partial charge in [0.15, 0.2) is 0 Å². The number of benzene rings is 2. The Kier molecular flexibility index (Phi) is 3.33. The third kappa shape index (κ3) is 2.25. The van der Waals surface area contributed by atoms with Crippen molar-refractivity contribution in [3.8, 4) is 5.69 Å². The molecule has 0 aliphatic heterocycles. The van der Waals surface area contributed by atoms with Crippen LogP contribution in [-0.4, -0.2) is 9.55 Å². The van der Waals surface area contributed by atoms with Gasteiger partial charge in [0.1, 0.15) is 5.82 Å². The number of nitrogens with two attached hydrogens (primary N) is 1. The molecule has 3 rings (SSSR count). The minimum Gasteiger partial charge on any atom is -0.369 e. The minimum atomic E-state index is -0.479. The fraction of sp³-hybridized carbons (Fsp3) is 0.188. The van der Waals surface area contributed by atoms with Crippen molar-refractivity contribution in [3.63, 3.8) is 0 Å². The van der Waals surface area contributed by atoms with Crippen LogP contribution in [0.2, 0.25) is 5.02 Å². The van der Waals surface area contributed by atoms with Crippen LogP contribution in [0.15, 0.2) is 36.4 Å². The lowest BCUT2D eigenvalue weighted by molar-refractivity contribution is 0.629. The number of nitrogen functional groups attached to an aromatic ring is 1. The zero-order chi connectivity index (χ0) is 15.1. The quantitative estimate of drug-likeness (QED) is 0.756. The van der Waals surface area contributed by atoms with Gasteiger partial charge in [0.05, 0.1) is 21.7 Å². The van der Waals surface area contributed by atoms with Gasteiger partial charge in [-0.1, -0.05) is 43.6 Å². The molecule has 0 spiro atoms. The second kappa shape index (κ2) is 5.04. The summed E-state index contributed by atoms with van der Waals surface area (Å²) >= 11 is 5.81. The first-order valence-corrected chi connectivity index (χ1v) is 7.09. The largest absolute Gasteiger partial charge is 0.369 e. The molecule has 0 amide bonds. The number of imidazole rings is 1. The zero-order valence-electron chi connectivity index (χ0n) is 11.8. The Balaban J connectivity index is 2.35. The molecule has 1 aromatic heterocycles. The number of fused-ring (bicyclic) bond motifs is 1. The van der Waals surface area contributed by atoms with Gasteiger partial charge in [-0.25, -0.2) is 9.37 Å². The van der Waals surface area contributed by atoms with Gasteiger partial charge in [-0.05, 0) is 23.6 Å². The first kappa shape index (κ1) is 13.9. The number of hydrogen-bond acceptors (Lipinski definition) is 2. The fourth-order valence-corrected chi connectivity index (χ4v) is 2.68. The smallest absolute Gasteiger partial charge is 0.205 e. The molecular formula is C16H15ClFN3. The van der Waals surface area contributed by atoms with Crippen LogP contribution in [0.1, 0.15) is 25.3 Å². The van der Waals surface area contributed by atoms with Crippen molar-refractivity contribution >= 4 is 28.6 Å². The first-order chi connectivity index (χ1) is 9.99. The third-order valence-corrected chi connectivity index (χ3v) is 3.81. The Labute approximate surface area is 127 Å². The lowest BCUT2D eigenvalue weighted by atomic mass is 10.0. The summed E-state index contributed by atoms with van der Waals surface area (Å²) in [6.07, 6.45) is 0. The molecule has 0 fully saturated rings. The minimum absolute atomic E-state index is 0.0456. The molecule has 0 saturated heterocycles. The molecule has 0 aliphatic carbocycles. The second-order valence-electron chi connectivity index (χ2n) is 5.27. The molecule has 0 radical (unpaired) electrons. The summed E-state index contributed by atoms with van der Waals surface area (Å²) in [7, 11) is 0. The number of rotatable bonds is 2. The van der Waals surface area contributed by atoms with E-state index >= 15 is 0 Å². The molecular weight excluding hydrogens is 289 g/mol. The number of nitrogens with zero attached hydrogens (tertiary/aromatic N) is 2. The molecule has 1 heterocycles. The van der Waals surface area contributed by atoms with Gasteiger partial charge >= 0.3 is 0 Å². The number of halogens is 2. The molecule has 0 bridgehead atoms. The molecule has 3 aromatic rings. The van der Waals surface area contributed by atoms with Gasteiger partial charge in [-0.15, -0.1) is 0 Å². The SMILES string of the molecule is CC(C)c1ccccc1-n1c(N)nc2cc(Cl)c(F)cc21. The highest BCUT2D eigenvalue weighted by molar-refractivity contribution is 6.31. The maximum absolute atomic E-state index is 13.8. The van der Waals surface area contributed by atoms with Gasteiger partial charge in [0.2, 0.25) is 5.95 Å². The molecule has 21 heavy (non-hydrogen) atoms. The van der Waals surface area contributed by atoms with Gasteiger partial charge in [-0.3, -0.25) is 4.57 Å². The topological polar surface area (TPSA) is 43.8 Å². The van der Waals surface area contributed by atoms with E-state index < -0.39 is 5.82 Å². The van der Waals surface area contributed by atoms with E-state index in [-0.39, 0.29) is 5.02 Å². The molecule has 5 heteroatoms. The van der Waals surface area contributed by atoms with Gasteiger partial charge < -0.3 is 5.73 Å². The van der Waals surface area contributed by atoms with Gasteiger partial charge in [0, 0.05) is 6.07 Å². The Morgan fingerprint density at radius 1 is 1.24 bits per heavy atom. The van der Waals surface area contributed by atoms with Crippen molar-refractivity contribution in [2.75, 3.05) is 5.73 Å². The highest BCUT2D eigenvalue weighted by atomic mass is 35.5. The van der Waals surface area contributed by atoms with E-state index in [1.807, 2.05) is 24.3 Å². The van der Waals surface area contributed by atoms with Crippen LogP contribution in [0, 0.1) is 5.82 Å². The summed E-state index contributed by atoms with van der Waals surface area (Å²) in [5, 5.41) is 0.0456. The van der Waals surface area contributed by atoms with Crippen molar-refractivity contribution in [1.29, 1.82) is 0 Å². The highest BCUT2D eigenvalue weighted by Crippen LogP contribution is 2.31. The third-order valence-electron chi connectivity index (χ3n) is 3.52. The monoisotopic (exact) mass is 303 g/mol. The average molecular weight is 304 g/mol. The van der Waals surface area contributed by atoms with E-state index in [2.05, 4.69) is 18.8 Å². The van der Waals surface area contributed by atoms with Crippen molar-refractivity contribution in [2.45, 2.75) is 19.8 Å². The van der Waals surface area contributed by atoms with E-state index in [9.17, 15) is 4.39 Å². The number of para-hydroxylation sites is 1. The van der Waals surface area contributed by atoms with Crippen LogP contribution in [-0.2, 0) is 0 Å². The predicted octanol–water partition coefficient (Wildman–Crippen LogP) is 4.52. The van der Waals surface area contributed by atoms with E-state index in [4.69, 9.17) is 17.3 Å². The van der Waals surface area contributed by atoms with Crippen LogP contribution in [0.4, 0.5) is 10.3 Å². The zero-order valence-corrected chi connectivity index (χ0v) is 12.5. The molecule has 0 atom stereocenters. The number of anilines is 1. The number of hydrogen-bond donors (Lipinski definition) is 1. The summed E-state index contributed by atoms with van der Waals surface area (Å²) in [5.74, 6) is 0.155. The van der Waals surface area contributed by atoms with Crippen LogP contribution < -0.4 is 5.73 Å². The highest BCUT2D eigenvalue weighted by Gasteiger charge is 2.16. The molecule has 108 valence electrons. The number of aromatic nitrogens is 2. The molecule has 0 saturated carbocycles. The van der Waals surface area contributed by atoms with Crippen molar-refractivity contribution in [2.24, 2.45) is 0 Å². The summed E-state index contributed by atoms with van der Waals surface area (Å²) in [6.45, 7) is 4.21. The molecule has 0 aliphatic rings. The van der Waals surface area contributed by atoms with Gasteiger partial charge in [-0.2, -0.15) is 0 Å².